The highest BCUT2D eigenvalue weighted by Crippen LogP contribution is 2.32. The van der Waals surface area contributed by atoms with Crippen LogP contribution in [0.5, 0.6) is 0 Å². The largest absolute Gasteiger partial charge is 0.299 e. The van der Waals surface area contributed by atoms with Crippen LogP contribution in [0.2, 0.25) is 0 Å². The van der Waals surface area contributed by atoms with Crippen LogP contribution in [0.15, 0.2) is 0 Å². The number of hydrogen-bond acceptors (Lipinski definition) is 1. The molecule has 0 radical (unpaired) electrons. The van der Waals surface area contributed by atoms with Crippen LogP contribution in [0.1, 0.15) is 168 Å². The molecule has 0 aliphatic rings. The number of rotatable bonds is 25. The quantitative estimate of drug-likeness (QED) is 0.0916. The van der Waals surface area contributed by atoms with Crippen LogP contribution in [0.3, 0.4) is 0 Å². The van der Waals surface area contributed by atoms with Gasteiger partial charge in [0.1, 0.15) is 10.6 Å². The van der Waals surface area contributed by atoms with Gasteiger partial charge in [0.15, 0.2) is 0 Å². The minimum absolute atomic E-state index is 0.0814. The second-order valence-electron chi connectivity index (χ2n) is 10.5. The van der Waals surface area contributed by atoms with Crippen molar-refractivity contribution in [3.63, 3.8) is 0 Å². The van der Waals surface area contributed by atoms with Crippen molar-refractivity contribution < 1.29 is 4.79 Å². The van der Waals surface area contributed by atoms with Gasteiger partial charge in [-0.05, 0) is 26.2 Å². The Kier molecular flexibility index (Phi) is 23.2. The topological polar surface area (TPSA) is 17.1 Å². The normalized spacial score (nSPS) is 13.6. The monoisotopic (exact) mass is 490 g/mol. The Morgan fingerprint density at radius 2 is 0.906 bits per heavy atom. The summed E-state index contributed by atoms with van der Waals surface area (Å²) < 4.78 is 0. The van der Waals surface area contributed by atoms with E-state index in [1.54, 1.807) is 0 Å². The number of carbonyl (C=O) groups excluding carboxylic acids is 1. The summed E-state index contributed by atoms with van der Waals surface area (Å²) in [7, 11) is 0. The molecule has 0 bridgehead atoms. The van der Waals surface area contributed by atoms with Crippen LogP contribution in [-0.4, -0.2) is 10.6 Å². The van der Waals surface area contributed by atoms with E-state index in [1.807, 2.05) is 6.92 Å². The molecule has 0 saturated carbocycles. The lowest BCUT2D eigenvalue weighted by atomic mass is 9.76. The van der Waals surface area contributed by atoms with E-state index in [4.69, 9.17) is 23.2 Å². The van der Waals surface area contributed by atoms with Crippen molar-refractivity contribution in [2.75, 3.05) is 0 Å². The van der Waals surface area contributed by atoms with Gasteiger partial charge in [0.25, 0.3) is 0 Å². The summed E-state index contributed by atoms with van der Waals surface area (Å²) in [5.41, 5.74) is -0.0814. The number of alkyl halides is 2. The first-order valence-corrected chi connectivity index (χ1v) is 15.1. The van der Waals surface area contributed by atoms with Crippen molar-refractivity contribution >= 4 is 29.0 Å². The smallest absolute Gasteiger partial charge is 0.135 e. The van der Waals surface area contributed by atoms with E-state index in [-0.39, 0.29) is 10.3 Å². The number of halogens is 2. The van der Waals surface area contributed by atoms with Gasteiger partial charge in [0.2, 0.25) is 0 Å². The molecule has 0 saturated heterocycles. The van der Waals surface area contributed by atoms with E-state index in [0.717, 1.165) is 25.7 Å². The molecule has 0 rings (SSSR count). The molecule has 0 spiro atoms. The lowest BCUT2D eigenvalue weighted by Crippen LogP contribution is -2.25. The van der Waals surface area contributed by atoms with Gasteiger partial charge in [-0.3, -0.25) is 4.79 Å². The van der Waals surface area contributed by atoms with Gasteiger partial charge in [-0.2, -0.15) is 0 Å². The van der Waals surface area contributed by atoms with Gasteiger partial charge in [-0.1, -0.05) is 142 Å². The first kappa shape index (κ1) is 32.2. The van der Waals surface area contributed by atoms with Crippen LogP contribution in [-0.2, 0) is 4.79 Å². The Balaban J connectivity index is 3.63. The second kappa shape index (κ2) is 23.0. The molecule has 0 aromatic heterocycles. The summed E-state index contributed by atoms with van der Waals surface area (Å²) in [6.07, 6.45) is 29.7. The van der Waals surface area contributed by atoms with E-state index >= 15 is 0 Å². The summed E-state index contributed by atoms with van der Waals surface area (Å²) in [6, 6.07) is 0. The Bertz CT molecular complexity index is 410. The zero-order valence-electron chi connectivity index (χ0n) is 22.0. The van der Waals surface area contributed by atoms with Gasteiger partial charge in [-0.25, -0.2) is 0 Å². The van der Waals surface area contributed by atoms with Crippen LogP contribution < -0.4 is 0 Å². The molecule has 3 heteroatoms. The molecule has 192 valence electrons. The standard InChI is InChI=1S/C29H56Cl2O/c1-4-5-6-7-8-9-10-13-16-19-22-25-29(3,27(2)32)26-23-20-17-14-11-12-15-18-21-24-28(30)31/h28H,4-26H2,1-3H3. The van der Waals surface area contributed by atoms with E-state index in [2.05, 4.69) is 13.8 Å². The van der Waals surface area contributed by atoms with E-state index < -0.39 is 0 Å². The fraction of sp³-hybridized carbons (Fsp3) is 0.966. The minimum atomic E-state index is -0.189. The number of carbonyl (C=O) groups is 1. The molecule has 32 heavy (non-hydrogen) atoms. The van der Waals surface area contributed by atoms with Crippen molar-refractivity contribution in [1.29, 1.82) is 0 Å². The first-order chi connectivity index (χ1) is 15.4. The molecule has 0 heterocycles. The number of unbranched alkanes of at least 4 members (excludes halogenated alkanes) is 18. The van der Waals surface area contributed by atoms with Crippen molar-refractivity contribution in [1.82, 2.24) is 0 Å². The van der Waals surface area contributed by atoms with E-state index in [0.29, 0.717) is 5.78 Å². The van der Waals surface area contributed by atoms with E-state index in [9.17, 15) is 4.79 Å². The highest BCUT2D eigenvalue weighted by atomic mass is 35.5. The van der Waals surface area contributed by atoms with Crippen molar-refractivity contribution in [3.05, 3.63) is 0 Å². The summed E-state index contributed by atoms with van der Waals surface area (Å²) >= 11 is 11.5. The summed E-state index contributed by atoms with van der Waals surface area (Å²) in [4.78, 5) is 12.1. The number of ketones is 1. The molecular weight excluding hydrogens is 435 g/mol. The summed E-state index contributed by atoms with van der Waals surface area (Å²) in [6.45, 7) is 6.32. The maximum atomic E-state index is 12.3. The maximum absolute atomic E-state index is 12.3. The summed E-state index contributed by atoms with van der Waals surface area (Å²) in [5, 5.41) is 0. The molecule has 0 aliphatic heterocycles. The van der Waals surface area contributed by atoms with Crippen molar-refractivity contribution in [2.24, 2.45) is 5.41 Å². The third-order valence-corrected chi connectivity index (χ3v) is 7.77. The van der Waals surface area contributed by atoms with Gasteiger partial charge in [-0.15, -0.1) is 23.2 Å². The molecule has 0 amide bonds. The van der Waals surface area contributed by atoms with Crippen molar-refractivity contribution in [2.45, 2.75) is 173 Å². The van der Waals surface area contributed by atoms with Gasteiger partial charge >= 0.3 is 0 Å². The highest BCUT2D eigenvalue weighted by Gasteiger charge is 2.28. The molecule has 0 aliphatic carbocycles. The predicted octanol–water partition coefficient (Wildman–Crippen LogP) is 11.4. The zero-order valence-corrected chi connectivity index (χ0v) is 23.5. The van der Waals surface area contributed by atoms with Gasteiger partial charge in [0, 0.05) is 5.41 Å². The fourth-order valence-electron chi connectivity index (χ4n) is 4.71. The van der Waals surface area contributed by atoms with Gasteiger partial charge < -0.3 is 0 Å². The Morgan fingerprint density at radius 3 is 1.22 bits per heavy atom. The van der Waals surface area contributed by atoms with Crippen LogP contribution in [0.4, 0.5) is 0 Å². The SMILES string of the molecule is CCCCCCCCCCCCCC(C)(CCCCCCCCCCCC(Cl)Cl)C(C)=O. The molecular formula is C29H56Cl2O. The number of hydrogen-bond donors (Lipinski definition) is 0. The first-order valence-electron chi connectivity index (χ1n) is 14.2. The lowest BCUT2D eigenvalue weighted by molar-refractivity contribution is -0.126. The van der Waals surface area contributed by atoms with Crippen LogP contribution in [0, 0.1) is 5.41 Å². The highest BCUT2D eigenvalue weighted by molar-refractivity contribution is 6.44. The third-order valence-electron chi connectivity index (χ3n) is 7.33. The molecule has 1 nitrogen and oxygen atoms in total. The molecule has 0 fully saturated rings. The maximum Gasteiger partial charge on any atom is 0.135 e. The Hall–Kier alpha value is 0.250. The minimum Gasteiger partial charge on any atom is -0.299 e. The number of Topliss-reactive ketones (excluding diaryl/α,β-unsaturated/α-hetero) is 1. The zero-order chi connectivity index (χ0) is 23.9. The molecule has 0 aromatic rings. The predicted molar refractivity (Wildman–Crippen MR) is 146 cm³/mol. The van der Waals surface area contributed by atoms with E-state index in [1.165, 1.54) is 122 Å². The average Bonchev–Trinajstić information content (AvgIpc) is 2.75. The summed E-state index contributed by atoms with van der Waals surface area (Å²) in [5.74, 6) is 0.403. The average molecular weight is 492 g/mol. The molecule has 1 atom stereocenters. The second-order valence-corrected chi connectivity index (χ2v) is 11.8. The Labute approximate surface area is 212 Å². The molecule has 0 N–H and O–H groups in total. The fourth-order valence-corrected chi connectivity index (χ4v) is 5.02. The molecule has 1 unspecified atom stereocenters. The lowest BCUT2D eigenvalue weighted by Gasteiger charge is -2.27. The van der Waals surface area contributed by atoms with Gasteiger partial charge in [0.05, 0.1) is 0 Å². The van der Waals surface area contributed by atoms with Crippen LogP contribution in [0.25, 0.3) is 0 Å². The van der Waals surface area contributed by atoms with Crippen molar-refractivity contribution in [3.8, 4) is 0 Å². The Morgan fingerprint density at radius 1 is 0.594 bits per heavy atom. The van der Waals surface area contributed by atoms with Crippen LogP contribution >= 0.6 is 23.2 Å². The third kappa shape index (κ3) is 20.8. The molecule has 0 aromatic carbocycles.